The van der Waals surface area contributed by atoms with Crippen LogP contribution in [0.1, 0.15) is 43.0 Å². The number of hydrogen-bond donors (Lipinski definition) is 0. The molecule has 0 aliphatic heterocycles. The van der Waals surface area contributed by atoms with Gasteiger partial charge in [0.15, 0.2) is 16.6 Å². The Labute approximate surface area is 218 Å². The molecule has 35 heavy (non-hydrogen) atoms. The van der Waals surface area contributed by atoms with Gasteiger partial charge in [-0.1, -0.05) is 31.1 Å². The van der Waals surface area contributed by atoms with Crippen LogP contribution in [-0.2, 0) is 0 Å². The number of anilines is 1. The molecule has 0 radical (unpaired) electrons. The third-order valence-corrected chi connectivity index (χ3v) is 6.50. The number of nitrogens with zero attached hydrogens (tertiary/aromatic N) is 3. The third kappa shape index (κ3) is 7.72. The van der Waals surface area contributed by atoms with Gasteiger partial charge in [0.2, 0.25) is 0 Å². The van der Waals surface area contributed by atoms with Gasteiger partial charge in [-0.05, 0) is 57.7 Å². The molecule has 0 aliphatic carbocycles. The highest BCUT2D eigenvalue weighted by Crippen LogP contribution is 2.37. The average Bonchev–Trinajstić information content (AvgIpc) is 3.26. The number of unbranched alkanes of at least 4 members (excludes halogenated alkanes) is 2. The van der Waals surface area contributed by atoms with Crippen molar-refractivity contribution in [3.05, 3.63) is 42.0 Å². The van der Waals surface area contributed by atoms with Gasteiger partial charge in [-0.25, -0.2) is 4.98 Å². The van der Waals surface area contributed by atoms with E-state index in [0.717, 1.165) is 48.2 Å². The van der Waals surface area contributed by atoms with E-state index < -0.39 is 0 Å². The molecule has 3 rings (SSSR count). The summed E-state index contributed by atoms with van der Waals surface area (Å²) in [5.41, 5.74) is 1.39. The molecule has 0 spiro atoms. The van der Waals surface area contributed by atoms with E-state index in [4.69, 9.17) is 19.2 Å². The first-order valence-corrected chi connectivity index (χ1v) is 12.5. The normalized spacial score (nSPS) is 10.8. The Bertz CT molecular complexity index is 1030. The number of fused-ring (bicyclic) bond motifs is 1. The van der Waals surface area contributed by atoms with Crippen molar-refractivity contribution in [2.24, 2.45) is 0 Å². The first kappa shape index (κ1) is 28.7. The molecule has 1 aromatic heterocycles. The standard InChI is InChI=1S/C26H35N3O4S.ClH/c1-6-7-8-16-33-20-12-10-19(11-13-20)25(30)29(15-9-14-28(2)3)26-27-21-17-22(31-4)23(32-5)18-24(21)34-26;/h10-13,17-18H,6-9,14-16H2,1-5H3;1H. The summed E-state index contributed by atoms with van der Waals surface area (Å²) < 4.78 is 17.6. The molecule has 2 aromatic carbocycles. The summed E-state index contributed by atoms with van der Waals surface area (Å²) in [5, 5.41) is 0.661. The van der Waals surface area contributed by atoms with Crippen LogP contribution in [0.2, 0.25) is 0 Å². The summed E-state index contributed by atoms with van der Waals surface area (Å²) in [7, 11) is 7.27. The molecular formula is C26H36ClN3O4S. The lowest BCUT2D eigenvalue weighted by molar-refractivity contribution is 0.0986. The molecule has 0 aliphatic rings. The molecule has 192 valence electrons. The molecule has 0 bridgehead atoms. The van der Waals surface area contributed by atoms with E-state index in [1.807, 2.05) is 50.5 Å². The van der Waals surface area contributed by atoms with E-state index in [2.05, 4.69) is 11.8 Å². The minimum Gasteiger partial charge on any atom is -0.494 e. The number of thiazole rings is 1. The fourth-order valence-corrected chi connectivity index (χ4v) is 4.58. The Morgan fingerprint density at radius 2 is 1.66 bits per heavy atom. The second-order valence-electron chi connectivity index (χ2n) is 8.36. The molecule has 7 nitrogen and oxygen atoms in total. The second kappa shape index (κ2) is 14.1. The first-order valence-electron chi connectivity index (χ1n) is 11.7. The Morgan fingerprint density at radius 3 is 2.29 bits per heavy atom. The number of carbonyl (C=O) groups is 1. The fourth-order valence-electron chi connectivity index (χ4n) is 3.58. The van der Waals surface area contributed by atoms with Gasteiger partial charge in [0.25, 0.3) is 5.91 Å². The van der Waals surface area contributed by atoms with Crippen LogP contribution < -0.4 is 19.1 Å². The van der Waals surface area contributed by atoms with Gasteiger partial charge in [0.1, 0.15) is 5.75 Å². The maximum atomic E-state index is 13.5. The zero-order valence-corrected chi connectivity index (χ0v) is 22.8. The van der Waals surface area contributed by atoms with E-state index in [-0.39, 0.29) is 18.3 Å². The van der Waals surface area contributed by atoms with Crippen molar-refractivity contribution in [3.8, 4) is 17.2 Å². The minimum absolute atomic E-state index is 0. The molecule has 3 aromatic rings. The number of methoxy groups -OCH3 is 2. The SMILES string of the molecule is CCCCCOc1ccc(C(=O)N(CCCN(C)C)c2nc3cc(OC)c(OC)cc3s2)cc1.Cl. The molecule has 9 heteroatoms. The van der Waals surface area contributed by atoms with Crippen LogP contribution in [-0.4, -0.2) is 63.8 Å². The lowest BCUT2D eigenvalue weighted by atomic mass is 10.2. The zero-order chi connectivity index (χ0) is 24.5. The van der Waals surface area contributed by atoms with Crippen molar-refractivity contribution in [2.45, 2.75) is 32.6 Å². The number of rotatable bonds is 13. The van der Waals surface area contributed by atoms with Crippen LogP contribution in [0.15, 0.2) is 36.4 Å². The van der Waals surface area contributed by atoms with Crippen molar-refractivity contribution in [3.63, 3.8) is 0 Å². The molecule has 1 heterocycles. The largest absolute Gasteiger partial charge is 0.494 e. The van der Waals surface area contributed by atoms with Crippen LogP contribution in [0.4, 0.5) is 5.13 Å². The van der Waals surface area contributed by atoms with E-state index in [1.165, 1.54) is 11.3 Å². The minimum atomic E-state index is -0.0747. The summed E-state index contributed by atoms with van der Waals surface area (Å²) in [6, 6.07) is 11.1. The average molecular weight is 522 g/mol. The summed E-state index contributed by atoms with van der Waals surface area (Å²) in [6.07, 6.45) is 4.17. The number of carbonyl (C=O) groups excluding carboxylic acids is 1. The first-order chi connectivity index (χ1) is 16.5. The fraction of sp³-hybridized carbons (Fsp3) is 0.462. The maximum absolute atomic E-state index is 13.5. The molecule has 0 atom stereocenters. The van der Waals surface area contributed by atoms with Crippen molar-refractivity contribution in [1.82, 2.24) is 9.88 Å². The van der Waals surface area contributed by atoms with Crippen LogP contribution in [0.3, 0.4) is 0 Å². The quantitative estimate of drug-likeness (QED) is 0.261. The number of ether oxygens (including phenoxy) is 3. The second-order valence-corrected chi connectivity index (χ2v) is 9.37. The van der Waals surface area contributed by atoms with Gasteiger partial charge in [-0.2, -0.15) is 0 Å². The zero-order valence-electron chi connectivity index (χ0n) is 21.2. The van der Waals surface area contributed by atoms with Crippen LogP contribution in [0, 0.1) is 0 Å². The predicted octanol–water partition coefficient (Wildman–Crippen LogP) is 5.90. The number of halogens is 1. The summed E-state index contributed by atoms with van der Waals surface area (Å²) >= 11 is 1.47. The third-order valence-electron chi connectivity index (χ3n) is 5.46. The van der Waals surface area contributed by atoms with E-state index in [0.29, 0.717) is 35.3 Å². The highest BCUT2D eigenvalue weighted by Gasteiger charge is 2.22. The van der Waals surface area contributed by atoms with Gasteiger partial charge in [0.05, 0.1) is 31.0 Å². The summed E-state index contributed by atoms with van der Waals surface area (Å²) in [6.45, 7) is 4.31. The van der Waals surface area contributed by atoms with Crippen molar-refractivity contribution < 1.29 is 19.0 Å². The van der Waals surface area contributed by atoms with Gasteiger partial charge in [-0.3, -0.25) is 9.69 Å². The van der Waals surface area contributed by atoms with Crippen LogP contribution >= 0.6 is 23.7 Å². The van der Waals surface area contributed by atoms with Crippen LogP contribution in [0.5, 0.6) is 17.2 Å². The number of aromatic nitrogens is 1. The summed E-state index contributed by atoms with van der Waals surface area (Å²) in [5.74, 6) is 1.97. The van der Waals surface area contributed by atoms with E-state index >= 15 is 0 Å². The Morgan fingerprint density at radius 1 is 0.971 bits per heavy atom. The lowest BCUT2D eigenvalue weighted by Gasteiger charge is -2.21. The molecule has 1 amide bonds. The molecule has 0 unspecified atom stereocenters. The number of benzene rings is 2. The smallest absolute Gasteiger partial charge is 0.260 e. The van der Waals surface area contributed by atoms with Gasteiger partial charge in [0, 0.05) is 24.2 Å². The maximum Gasteiger partial charge on any atom is 0.260 e. The molecule has 0 saturated heterocycles. The van der Waals surface area contributed by atoms with Crippen molar-refractivity contribution in [2.75, 3.05) is 52.9 Å². The Kier molecular flexibility index (Phi) is 11.6. The monoisotopic (exact) mass is 521 g/mol. The van der Waals surface area contributed by atoms with Crippen LogP contribution in [0.25, 0.3) is 10.2 Å². The topological polar surface area (TPSA) is 64.1 Å². The molecule has 0 N–H and O–H groups in total. The molecule has 0 fully saturated rings. The Hall–Kier alpha value is -2.55. The number of hydrogen-bond acceptors (Lipinski definition) is 7. The van der Waals surface area contributed by atoms with Crippen molar-refractivity contribution >= 4 is 45.0 Å². The van der Waals surface area contributed by atoms with Crippen molar-refractivity contribution in [1.29, 1.82) is 0 Å². The highest BCUT2D eigenvalue weighted by atomic mass is 35.5. The molecular weight excluding hydrogens is 486 g/mol. The van der Waals surface area contributed by atoms with Gasteiger partial charge in [-0.15, -0.1) is 12.4 Å². The predicted molar refractivity (Wildman–Crippen MR) is 146 cm³/mol. The van der Waals surface area contributed by atoms with Gasteiger partial charge >= 0.3 is 0 Å². The highest BCUT2D eigenvalue weighted by molar-refractivity contribution is 7.22. The van der Waals surface area contributed by atoms with E-state index in [9.17, 15) is 4.79 Å². The summed E-state index contributed by atoms with van der Waals surface area (Å²) in [4.78, 5) is 22.2. The number of amides is 1. The molecule has 0 saturated carbocycles. The van der Waals surface area contributed by atoms with E-state index in [1.54, 1.807) is 19.1 Å². The Balaban J connectivity index is 0.00000432. The van der Waals surface area contributed by atoms with Gasteiger partial charge < -0.3 is 19.1 Å². The lowest BCUT2D eigenvalue weighted by Crippen LogP contribution is -2.33.